The molecular formula is C19H32N4O4S. The van der Waals surface area contributed by atoms with Gasteiger partial charge in [0, 0.05) is 39.9 Å². The lowest BCUT2D eigenvalue weighted by Gasteiger charge is -2.20. The van der Waals surface area contributed by atoms with E-state index in [1.807, 2.05) is 31.2 Å². The first kappa shape index (κ1) is 22.4. The summed E-state index contributed by atoms with van der Waals surface area (Å²) in [5, 5.41) is 6.24. The van der Waals surface area contributed by atoms with Gasteiger partial charge in [0.05, 0.1) is 24.7 Å². The fourth-order valence-corrected chi connectivity index (χ4v) is 4.38. The molecule has 0 spiro atoms. The van der Waals surface area contributed by atoms with Gasteiger partial charge in [0.15, 0.2) is 5.96 Å². The van der Waals surface area contributed by atoms with E-state index in [4.69, 9.17) is 9.47 Å². The van der Waals surface area contributed by atoms with Crippen LogP contribution in [0.5, 0.6) is 0 Å². The molecule has 2 rings (SSSR count). The van der Waals surface area contributed by atoms with Gasteiger partial charge in [-0.1, -0.05) is 18.2 Å². The number of para-hydroxylation sites is 1. The van der Waals surface area contributed by atoms with Gasteiger partial charge >= 0.3 is 0 Å². The third-order valence-corrected chi connectivity index (χ3v) is 6.10. The highest BCUT2D eigenvalue weighted by molar-refractivity contribution is 7.92. The Morgan fingerprint density at radius 1 is 1.21 bits per heavy atom. The summed E-state index contributed by atoms with van der Waals surface area (Å²) in [7, 11) is -1.72. The van der Waals surface area contributed by atoms with Gasteiger partial charge in [-0.15, -0.1) is 0 Å². The topological polar surface area (TPSA) is 92.3 Å². The number of sulfonamides is 1. The minimum atomic E-state index is -3.37. The number of fused-ring (bicyclic) bond motifs is 1. The molecule has 0 radical (unpaired) electrons. The summed E-state index contributed by atoms with van der Waals surface area (Å²) < 4.78 is 37.3. The van der Waals surface area contributed by atoms with Crippen molar-refractivity contribution in [3.05, 3.63) is 29.8 Å². The van der Waals surface area contributed by atoms with Crippen LogP contribution in [-0.2, 0) is 25.9 Å². The maximum atomic E-state index is 12.7. The molecule has 28 heavy (non-hydrogen) atoms. The van der Waals surface area contributed by atoms with Crippen LogP contribution in [0, 0.1) is 0 Å². The number of ether oxygens (including phenoxy) is 2. The lowest BCUT2D eigenvalue weighted by molar-refractivity contribution is 0.0702. The Bertz CT molecular complexity index is 724. The third kappa shape index (κ3) is 6.96. The Balaban J connectivity index is 1.78. The minimum absolute atomic E-state index is 0.0197. The summed E-state index contributed by atoms with van der Waals surface area (Å²) in [6.07, 6.45) is 1.56. The minimum Gasteiger partial charge on any atom is -0.382 e. The first-order chi connectivity index (χ1) is 13.6. The Morgan fingerprint density at radius 2 is 2.04 bits per heavy atom. The second-order valence-corrected chi connectivity index (χ2v) is 8.43. The largest absolute Gasteiger partial charge is 0.382 e. The van der Waals surface area contributed by atoms with Crippen LogP contribution < -0.4 is 14.9 Å². The molecular weight excluding hydrogens is 380 g/mol. The van der Waals surface area contributed by atoms with E-state index in [9.17, 15) is 8.42 Å². The van der Waals surface area contributed by atoms with Crippen LogP contribution in [0.1, 0.15) is 18.9 Å². The molecule has 0 bridgehead atoms. The zero-order chi connectivity index (χ0) is 20.2. The third-order valence-electron chi connectivity index (χ3n) is 4.33. The van der Waals surface area contributed by atoms with E-state index in [0.29, 0.717) is 52.0 Å². The Kier molecular flexibility index (Phi) is 9.52. The molecule has 8 nitrogen and oxygen atoms in total. The van der Waals surface area contributed by atoms with Crippen LogP contribution in [0.3, 0.4) is 0 Å². The Morgan fingerprint density at radius 3 is 2.82 bits per heavy atom. The van der Waals surface area contributed by atoms with E-state index in [1.165, 1.54) is 4.31 Å². The van der Waals surface area contributed by atoms with Crippen LogP contribution in [0.4, 0.5) is 5.69 Å². The maximum absolute atomic E-state index is 12.7. The van der Waals surface area contributed by atoms with Crippen molar-refractivity contribution in [2.24, 2.45) is 4.99 Å². The van der Waals surface area contributed by atoms with Gasteiger partial charge in [0.2, 0.25) is 10.0 Å². The second-order valence-electron chi connectivity index (χ2n) is 6.41. The van der Waals surface area contributed by atoms with Gasteiger partial charge in [-0.25, -0.2) is 8.42 Å². The highest BCUT2D eigenvalue weighted by atomic mass is 32.2. The van der Waals surface area contributed by atoms with E-state index in [2.05, 4.69) is 15.6 Å². The predicted octanol–water partition coefficient (Wildman–Crippen LogP) is 0.987. The van der Waals surface area contributed by atoms with Crippen LogP contribution in [0.2, 0.25) is 0 Å². The number of methoxy groups -OCH3 is 1. The first-order valence-electron chi connectivity index (χ1n) is 9.75. The normalized spacial score (nSPS) is 14.2. The van der Waals surface area contributed by atoms with Gasteiger partial charge in [0.25, 0.3) is 0 Å². The molecule has 0 aromatic heterocycles. The number of anilines is 1. The molecule has 0 unspecified atom stereocenters. The van der Waals surface area contributed by atoms with E-state index in [-0.39, 0.29) is 5.75 Å². The van der Waals surface area contributed by atoms with Crippen molar-refractivity contribution in [3.8, 4) is 0 Å². The van der Waals surface area contributed by atoms with Crippen molar-refractivity contribution in [2.75, 3.05) is 63.2 Å². The van der Waals surface area contributed by atoms with Crippen LogP contribution in [0.15, 0.2) is 29.3 Å². The van der Waals surface area contributed by atoms with Crippen molar-refractivity contribution >= 4 is 21.7 Å². The molecule has 1 aromatic rings. The number of aliphatic imine (C=N–C) groups is 1. The number of nitrogens with zero attached hydrogens (tertiary/aromatic N) is 2. The van der Waals surface area contributed by atoms with E-state index >= 15 is 0 Å². The Labute approximate surface area is 168 Å². The summed E-state index contributed by atoms with van der Waals surface area (Å²) in [6.45, 7) is 5.89. The molecule has 0 saturated carbocycles. The first-order valence-corrected chi connectivity index (χ1v) is 11.4. The van der Waals surface area contributed by atoms with Crippen LogP contribution in [0.25, 0.3) is 0 Å². The highest BCUT2D eigenvalue weighted by Crippen LogP contribution is 2.29. The van der Waals surface area contributed by atoms with Gasteiger partial charge in [-0.2, -0.15) is 0 Å². The fraction of sp³-hybridized carbons (Fsp3) is 0.632. The summed E-state index contributed by atoms with van der Waals surface area (Å²) in [6, 6.07) is 7.67. The monoisotopic (exact) mass is 412 g/mol. The van der Waals surface area contributed by atoms with Gasteiger partial charge in [-0.05, 0) is 31.4 Å². The smallest absolute Gasteiger partial charge is 0.236 e. The lowest BCUT2D eigenvalue weighted by atomic mass is 10.2. The molecule has 0 atom stereocenters. The van der Waals surface area contributed by atoms with Crippen molar-refractivity contribution in [1.29, 1.82) is 0 Å². The number of nitrogens with one attached hydrogen (secondary N) is 2. The fourth-order valence-electron chi connectivity index (χ4n) is 2.95. The molecule has 1 heterocycles. The zero-order valence-corrected chi connectivity index (χ0v) is 17.6. The van der Waals surface area contributed by atoms with E-state index < -0.39 is 10.0 Å². The van der Waals surface area contributed by atoms with Gasteiger partial charge < -0.3 is 20.1 Å². The summed E-state index contributed by atoms with van der Waals surface area (Å²) in [4.78, 5) is 4.46. The molecule has 0 aliphatic carbocycles. The average Bonchev–Trinajstić information content (AvgIpc) is 3.12. The standard InChI is InChI=1S/C19H32N4O4S/c1-3-20-19(21-10-6-13-27-15-14-26-2)22-11-16-28(24,25)23-12-9-17-7-4-5-8-18(17)23/h4-5,7-8H,3,6,9-16H2,1-2H3,(H2,20,21,22). The maximum Gasteiger partial charge on any atom is 0.236 e. The van der Waals surface area contributed by atoms with Crippen molar-refractivity contribution in [2.45, 2.75) is 19.8 Å². The van der Waals surface area contributed by atoms with Crippen molar-refractivity contribution < 1.29 is 17.9 Å². The molecule has 2 N–H and O–H groups in total. The summed E-state index contributed by atoms with van der Waals surface area (Å²) in [5.74, 6) is 0.641. The average molecular weight is 413 g/mol. The molecule has 0 saturated heterocycles. The Hall–Kier alpha value is -1.84. The van der Waals surface area contributed by atoms with Crippen LogP contribution >= 0.6 is 0 Å². The molecule has 9 heteroatoms. The SMILES string of the molecule is CCNC(=NCCCOCCOC)NCCS(=O)(=O)N1CCc2ccccc21. The number of hydrogen-bond acceptors (Lipinski definition) is 5. The summed E-state index contributed by atoms with van der Waals surface area (Å²) in [5.41, 5.74) is 1.89. The van der Waals surface area contributed by atoms with Crippen molar-refractivity contribution in [3.63, 3.8) is 0 Å². The second kappa shape index (κ2) is 11.9. The number of rotatable bonds is 12. The molecule has 0 amide bonds. The molecule has 158 valence electrons. The van der Waals surface area contributed by atoms with Gasteiger partial charge in [-0.3, -0.25) is 9.30 Å². The lowest BCUT2D eigenvalue weighted by Crippen LogP contribution is -2.42. The predicted molar refractivity (Wildman–Crippen MR) is 113 cm³/mol. The molecule has 0 fully saturated rings. The van der Waals surface area contributed by atoms with Crippen LogP contribution in [-0.4, -0.2) is 73.2 Å². The quantitative estimate of drug-likeness (QED) is 0.302. The number of hydrogen-bond donors (Lipinski definition) is 2. The van der Waals surface area contributed by atoms with E-state index in [0.717, 1.165) is 24.1 Å². The van der Waals surface area contributed by atoms with Gasteiger partial charge in [0.1, 0.15) is 0 Å². The zero-order valence-electron chi connectivity index (χ0n) is 16.8. The summed E-state index contributed by atoms with van der Waals surface area (Å²) >= 11 is 0. The number of guanidine groups is 1. The molecule has 1 aliphatic rings. The highest BCUT2D eigenvalue weighted by Gasteiger charge is 2.28. The van der Waals surface area contributed by atoms with E-state index in [1.54, 1.807) is 7.11 Å². The molecule has 1 aromatic carbocycles. The number of benzene rings is 1. The van der Waals surface area contributed by atoms with Crippen molar-refractivity contribution in [1.82, 2.24) is 10.6 Å². The molecule has 1 aliphatic heterocycles.